The Morgan fingerprint density at radius 1 is 1.15 bits per heavy atom. The number of benzene rings is 1. The molecule has 0 aliphatic heterocycles. The molecule has 0 bridgehead atoms. The van der Waals surface area contributed by atoms with Crippen molar-refractivity contribution in [1.82, 2.24) is 29.9 Å². The first kappa shape index (κ1) is 17.4. The molecule has 0 saturated heterocycles. The fraction of sp³-hybridized carbons (Fsp3) is 0.211. The minimum Gasteiger partial charge on any atom is -0.343 e. The van der Waals surface area contributed by atoms with Gasteiger partial charge in [-0.25, -0.2) is 0 Å². The van der Waals surface area contributed by atoms with Gasteiger partial charge in [0.15, 0.2) is 16.8 Å². The standard InChI is InChI=1S/C19H18N6OS/c1-3-25-18(14-7-9-20-10-8-14)22-23-19(25)27-16(17-21-12-26-24-17)15-6-4-5-13(2)11-15/h4-12,16H,3H2,1-2H3. The molecule has 0 aliphatic rings. The maximum absolute atomic E-state index is 4.99. The van der Waals surface area contributed by atoms with Crippen LogP contribution in [0.15, 0.2) is 64.9 Å². The van der Waals surface area contributed by atoms with E-state index in [1.807, 2.05) is 18.2 Å². The second-order valence-electron chi connectivity index (χ2n) is 5.99. The maximum Gasteiger partial charge on any atom is 0.213 e. The second kappa shape index (κ2) is 7.71. The zero-order chi connectivity index (χ0) is 18.6. The predicted octanol–water partition coefficient (Wildman–Crippen LogP) is 3.93. The van der Waals surface area contributed by atoms with Crippen molar-refractivity contribution in [1.29, 1.82) is 0 Å². The predicted molar refractivity (Wildman–Crippen MR) is 102 cm³/mol. The van der Waals surface area contributed by atoms with Crippen LogP contribution >= 0.6 is 11.8 Å². The van der Waals surface area contributed by atoms with Gasteiger partial charge in [-0.2, -0.15) is 4.98 Å². The highest BCUT2D eigenvalue weighted by molar-refractivity contribution is 7.99. The Morgan fingerprint density at radius 2 is 2.00 bits per heavy atom. The van der Waals surface area contributed by atoms with Crippen LogP contribution in [-0.2, 0) is 6.54 Å². The molecular weight excluding hydrogens is 360 g/mol. The Labute approximate surface area is 160 Å². The molecule has 4 rings (SSSR count). The van der Waals surface area contributed by atoms with E-state index in [1.165, 1.54) is 12.0 Å². The Kier molecular flexibility index (Phi) is 4.97. The maximum atomic E-state index is 4.99. The number of hydrogen-bond donors (Lipinski definition) is 0. The first-order valence-electron chi connectivity index (χ1n) is 8.59. The zero-order valence-electron chi connectivity index (χ0n) is 15.0. The van der Waals surface area contributed by atoms with E-state index in [2.05, 4.69) is 61.9 Å². The lowest BCUT2D eigenvalue weighted by Crippen LogP contribution is -2.04. The molecule has 3 aromatic heterocycles. The molecule has 0 spiro atoms. The van der Waals surface area contributed by atoms with E-state index >= 15 is 0 Å². The van der Waals surface area contributed by atoms with Gasteiger partial charge in [0.2, 0.25) is 6.39 Å². The lowest BCUT2D eigenvalue weighted by Gasteiger charge is -2.14. The molecule has 1 unspecified atom stereocenters. The number of aromatic nitrogens is 6. The van der Waals surface area contributed by atoms with E-state index in [0.717, 1.165) is 28.7 Å². The summed E-state index contributed by atoms with van der Waals surface area (Å²) in [4.78, 5) is 8.35. The lowest BCUT2D eigenvalue weighted by molar-refractivity contribution is 0.411. The van der Waals surface area contributed by atoms with Gasteiger partial charge in [-0.05, 0) is 31.5 Å². The molecule has 0 amide bonds. The second-order valence-corrected chi connectivity index (χ2v) is 7.06. The summed E-state index contributed by atoms with van der Waals surface area (Å²) in [5, 5.41) is 13.6. The van der Waals surface area contributed by atoms with E-state index in [4.69, 9.17) is 4.52 Å². The van der Waals surface area contributed by atoms with Crippen molar-refractivity contribution < 1.29 is 4.52 Å². The van der Waals surface area contributed by atoms with Crippen LogP contribution in [0.5, 0.6) is 0 Å². The third-order valence-electron chi connectivity index (χ3n) is 4.15. The number of hydrogen-bond acceptors (Lipinski definition) is 7. The van der Waals surface area contributed by atoms with E-state index in [1.54, 1.807) is 24.2 Å². The number of nitrogens with zero attached hydrogens (tertiary/aromatic N) is 6. The van der Waals surface area contributed by atoms with Crippen LogP contribution in [0.2, 0.25) is 0 Å². The fourth-order valence-corrected chi connectivity index (χ4v) is 4.01. The first-order chi connectivity index (χ1) is 13.3. The van der Waals surface area contributed by atoms with Crippen LogP contribution in [-0.4, -0.2) is 29.9 Å². The van der Waals surface area contributed by atoms with Crippen molar-refractivity contribution in [2.75, 3.05) is 0 Å². The third-order valence-corrected chi connectivity index (χ3v) is 5.38. The molecule has 0 fully saturated rings. The highest BCUT2D eigenvalue weighted by Crippen LogP contribution is 2.39. The van der Waals surface area contributed by atoms with Gasteiger partial charge >= 0.3 is 0 Å². The molecule has 0 saturated carbocycles. The molecule has 0 aliphatic carbocycles. The van der Waals surface area contributed by atoms with E-state index in [9.17, 15) is 0 Å². The van der Waals surface area contributed by atoms with Gasteiger partial charge < -0.3 is 9.09 Å². The Hall–Kier alpha value is -3.00. The van der Waals surface area contributed by atoms with E-state index in [0.29, 0.717) is 5.82 Å². The molecule has 7 nitrogen and oxygen atoms in total. The van der Waals surface area contributed by atoms with Crippen molar-refractivity contribution in [2.45, 2.75) is 30.8 Å². The van der Waals surface area contributed by atoms with Crippen LogP contribution in [0.3, 0.4) is 0 Å². The minimum atomic E-state index is -0.136. The summed E-state index contributed by atoms with van der Waals surface area (Å²) in [6, 6.07) is 12.2. The fourth-order valence-electron chi connectivity index (χ4n) is 2.88. The lowest BCUT2D eigenvalue weighted by atomic mass is 10.1. The monoisotopic (exact) mass is 378 g/mol. The Bertz CT molecular complexity index is 1020. The zero-order valence-corrected chi connectivity index (χ0v) is 15.8. The quantitative estimate of drug-likeness (QED) is 0.470. The molecule has 8 heteroatoms. The first-order valence-corrected chi connectivity index (χ1v) is 9.47. The SMILES string of the molecule is CCn1c(SC(c2cccc(C)c2)c2ncon2)nnc1-c1ccncc1. The molecule has 1 aromatic carbocycles. The molecule has 4 aromatic rings. The normalized spacial score (nSPS) is 12.2. The molecule has 1 atom stereocenters. The average Bonchev–Trinajstić information content (AvgIpc) is 3.36. The van der Waals surface area contributed by atoms with Crippen LogP contribution in [0.1, 0.15) is 29.1 Å². The number of aryl methyl sites for hydroxylation is 1. The van der Waals surface area contributed by atoms with Gasteiger partial charge in [-0.1, -0.05) is 46.7 Å². The largest absolute Gasteiger partial charge is 0.343 e. The van der Waals surface area contributed by atoms with Gasteiger partial charge in [0, 0.05) is 24.5 Å². The van der Waals surface area contributed by atoms with Gasteiger partial charge in [0.25, 0.3) is 0 Å². The van der Waals surface area contributed by atoms with Crippen molar-refractivity contribution in [3.05, 3.63) is 72.1 Å². The summed E-state index contributed by atoms with van der Waals surface area (Å²) < 4.78 is 7.08. The average molecular weight is 378 g/mol. The number of thioether (sulfide) groups is 1. The molecule has 27 heavy (non-hydrogen) atoms. The molecule has 0 radical (unpaired) electrons. The Balaban J connectivity index is 1.73. The molecule has 0 N–H and O–H groups in total. The highest BCUT2D eigenvalue weighted by Gasteiger charge is 2.24. The highest BCUT2D eigenvalue weighted by atomic mass is 32.2. The van der Waals surface area contributed by atoms with E-state index in [-0.39, 0.29) is 5.25 Å². The summed E-state index contributed by atoms with van der Waals surface area (Å²) in [6.45, 7) is 4.89. The van der Waals surface area contributed by atoms with Crippen molar-refractivity contribution in [3.63, 3.8) is 0 Å². The van der Waals surface area contributed by atoms with Crippen LogP contribution in [0.25, 0.3) is 11.4 Å². The molecule has 3 heterocycles. The van der Waals surface area contributed by atoms with Crippen molar-refractivity contribution in [3.8, 4) is 11.4 Å². The van der Waals surface area contributed by atoms with Crippen LogP contribution in [0.4, 0.5) is 0 Å². The topological polar surface area (TPSA) is 82.5 Å². The van der Waals surface area contributed by atoms with Crippen molar-refractivity contribution >= 4 is 11.8 Å². The third kappa shape index (κ3) is 3.61. The van der Waals surface area contributed by atoms with Crippen LogP contribution < -0.4 is 0 Å². The van der Waals surface area contributed by atoms with Gasteiger partial charge in [-0.3, -0.25) is 4.98 Å². The number of rotatable bonds is 6. The summed E-state index contributed by atoms with van der Waals surface area (Å²) in [7, 11) is 0. The summed E-state index contributed by atoms with van der Waals surface area (Å²) in [5.41, 5.74) is 3.26. The smallest absolute Gasteiger partial charge is 0.213 e. The summed E-state index contributed by atoms with van der Waals surface area (Å²) in [6.07, 6.45) is 4.86. The van der Waals surface area contributed by atoms with Gasteiger partial charge in [0.1, 0.15) is 5.25 Å². The molecular formula is C19H18N6OS. The number of pyridine rings is 1. The summed E-state index contributed by atoms with van der Waals surface area (Å²) in [5.74, 6) is 1.43. The Morgan fingerprint density at radius 3 is 2.70 bits per heavy atom. The summed E-state index contributed by atoms with van der Waals surface area (Å²) >= 11 is 1.56. The van der Waals surface area contributed by atoms with Gasteiger partial charge in [-0.15, -0.1) is 10.2 Å². The van der Waals surface area contributed by atoms with Crippen LogP contribution in [0, 0.1) is 6.92 Å². The minimum absolute atomic E-state index is 0.136. The van der Waals surface area contributed by atoms with Crippen molar-refractivity contribution in [2.24, 2.45) is 0 Å². The molecule has 136 valence electrons. The van der Waals surface area contributed by atoms with Gasteiger partial charge in [0.05, 0.1) is 0 Å². The van der Waals surface area contributed by atoms with E-state index < -0.39 is 0 Å².